The number of para-hydroxylation sites is 1. The molecule has 30 heavy (non-hydrogen) atoms. The molecule has 0 aliphatic heterocycles. The number of anilines is 2. The van der Waals surface area contributed by atoms with Gasteiger partial charge in [0.15, 0.2) is 0 Å². The van der Waals surface area contributed by atoms with Crippen molar-refractivity contribution >= 4 is 29.1 Å². The maximum atomic E-state index is 14.7. The van der Waals surface area contributed by atoms with E-state index in [4.69, 9.17) is 16.1 Å². The van der Waals surface area contributed by atoms with Crippen molar-refractivity contribution in [1.29, 1.82) is 0 Å². The summed E-state index contributed by atoms with van der Waals surface area (Å²) < 4.78 is 20.4. The Kier molecular flexibility index (Phi) is 5.59. The van der Waals surface area contributed by atoms with E-state index in [-0.39, 0.29) is 34.5 Å². The van der Waals surface area contributed by atoms with Crippen molar-refractivity contribution in [2.24, 2.45) is 0 Å². The van der Waals surface area contributed by atoms with Crippen molar-refractivity contribution in [2.45, 2.75) is 13.3 Å². The molecule has 7 heteroatoms. The fourth-order valence-corrected chi connectivity index (χ4v) is 3.35. The Bertz CT molecular complexity index is 1180. The van der Waals surface area contributed by atoms with Crippen LogP contribution in [0.5, 0.6) is 0 Å². The smallest absolute Gasteiger partial charge is 0.247 e. The van der Waals surface area contributed by atoms with E-state index in [0.717, 1.165) is 0 Å². The molecule has 0 fully saturated rings. The van der Waals surface area contributed by atoms with E-state index in [1.165, 1.54) is 11.0 Å². The van der Waals surface area contributed by atoms with E-state index in [9.17, 15) is 9.18 Å². The topological polar surface area (TPSA) is 59.2 Å². The zero-order valence-electron chi connectivity index (χ0n) is 16.0. The van der Waals surface area contributed by atoms with E-state index >= 15 is 0 Å². The lowest BCUT2D eigenvalue weighted by molar-refractivity contribution is -0.117. The highest BCUT2D eigenvalue weighted by Gasteiger charge is 2.29. The number of hydrogen-bond donors (Lipinski definition) is 0. The number of halogens is 2. The third-order valence-corrected chi connectivity index (χ3v) is 4.83. The van der Waals surface area contributed by atoms with Gasteiger partial charge in [-0.3, -0.25) is 9.78 Å². The molecule has 0 unspecified atom stereocenters. The van der Waals surface area contributed by atoms with Gasteiger partial charge in [-0.1, -0.05) is 41.9 Å². The molecule has 4 aromatic rings. The minimum Gasteiger partial charge on any atom is -0.336 e. The summed E-state index contributed by atoms with van der Waals surface area (Å²) in [6.07, 6.45) is 3.47. The van der Waals surface area contributed by atoms with Gasteiger partial charge in [-0.2, -0.15) is 0 Å². The summed E-state index contributed by atoms with van der Waals surface area (Å²) in [5.41, 5.74) is 2.30. The van der Waals surface area contributed by atoms with Crippen molar-refractivity contribution in [2.75, 3.05) is 4.90 Å². The summed E-state index contributed by atoms with van der Waals surface area (Å²) in [5, 5.41) is 4.42. The maximum Gasteiger partial charge on any atom is 0.247 e. The van der Waals surface area contributed by atoms with Crippen LogP contribution in [-0.2, 0) is 4.79 Å². The minimum absolute atomic E-state index is 0.184. The van der Waals surface area contributed by atoms with Crippen LogP contribution >= 0.6 is 11.6 Å². The molecule has 0 saturated carbocycles. The van der Waals surface area contributed by atoms with Gasteiger partial charge in [0.25, 0.3) is 0 Å². The molecule has 1 amide bonds. The van der Waals surface area contributed by atoms with Crippen LogP contribution in [0.3, 0.4) is 0 Å². The molecule has 4 rings (SSSR count). The first-order chi connectivity index (χ1) is 14.6. The van der Waals surface area contributed by atoms with Crippen LogP contribution in [0.2, 0.25) is 5.02 Å². The number of nitrogens with zero attached hydrogens (tertiary/aromatic N) is 3. The number of rotatable bonds is 5. The lowest BCUT2D eigenvalue weighted by atomic mass is 10.0. The molecule has 2 aromatic carbocycles. The van der Waals surface area contributed by atoms with Crippen LogP contribution in [0, 0.1) is 5.82 Å². The normalized spacial score (nSPS) is 10.8. The predicted molar refractivity (Wildman–Crippen MR) is 114 cm³/mol. The van der Waals surface area contributed by atoms with Crippen molar-refractivity contribution in [3.8, 4) is 22.4 Å². The molecule has 0 radical (unpaired) electrons. The number of carbonyl (C=O) groups excluding carboxylic acids is 1. The number of pyridine rings is 1. The standard InChI is InChI=1S/C23H17ClFN3O2/c1-2-20(29)28(17-6-4-3-5-7-17)23-21(15-10-12-26-13-11-15)22(27-30-23)18-9-8-16(24)14-19(18)25/h3-14H,2H2,1H3. The molecule has 2 aromatic heterocycles. The average Bonchev–Trinajstić information content (AvgIpc) is 3.19. The molecule has 5 nitrogen and oxygen atoms in total. The lowest BCUT2D eigenvalue weighted by Gasteiger charge is -2.20. The zero-order valence-corrected chi connectivity index (χ0v) is 16.8. The molecular weight excluding hydrogens is 405 g/mol. The third-order valence-electron chi connectivity index (χ3n) is 4.60. The Morgan fingerprint density at radius 2 is 1.83 bits per heavy atom. The molecule has 150 valence electrons. The molecule has 2 heterocycles. The van der Waals surface area contributed by atoms with Crippen LogP contribution < -0.4 is 4.90 Å². The van der Waals surface area contributed by atoms with E-state index in [2.05, 4.69) is 10.1 Å². The Hall–Kier alpha value is -3.51. The van der Waals surface area contributed by atoms with Crippen LogP contribution in [0.1, 0.15) is 13.3 Å². The second-order valence-corrected chi connectivity index (χ2v) is 6.93. The summed E-state index contributed by atoms with van der Waals surface area (Å²) >= 11 is 5.91. The van der Waals surface area contributed by atoms with E-state index in [1.807, 2.05) is 18.2 Å². The van der Waals surface area contributed by atoms with Gasteiger partial charge in [0, 0.05) is 29.4 Å². The van der Waals surface area contributed by atoms with Gasteiger partial charge in [0.05, 0.1) is 11.3 Å². The molecule has 0 aliphatic rings. The fourth-order valence-electron chi connectivity index (χ4n) is 3.19. The summed E-state index contributed by atoms with van der Waals surface area (Å²) in [4.78, 5) is 18.4. The number of hydrogen-bond acceptors (Lipinski definition) is 4. The van der Waals surface area contributed by atoms with Crippen LogP contribution in [0.25, 0.3) is 22.4 Å². The fraction of sp³-hybridized carbons (Fsp3) is 0.0870. The second-order valence-electron chi connectivity index (χ2n) is 6.49. The largest absolute Gasteiger partial charge is 0.336 e. The monoisotopic (exact) mass is 421 g/mol. The maximum absolute atomic E-state index is 14.7. The van der Waals surface area contributed by atoms with Gasteiger partial charge >= 0.3 is 0 Å². The van der Waals surface area contributed by atoms with E-state index < -0.39 is 5.82 Å². The quantitative estimate of drug-likeness (QED) is 0.381. The Morgan fingerprint density at radius 1 is 1.10 bits per heavy atom. The molecule has 0 aliphatic carbocycles. The molecular formula is C23H17ClFN3O2. The molecule has 0 saturated heterocycles. The molecule has 0 bridgehead atoms. The second kappa shape index (κ2) is 8.47. The highest BCUT2D eigenvalue weighted by molar-refractivity contribution is 6.30. The van der Waals surface area contributed by atoms with Gasteiger partial charge in [-0.05, 0) is 48.0 Å². The first kappa shape index (κ1) is 19.8. The lowest BCUT2D eigenvalue weighted by Crippen LogP contribution is -2.25. The number of amides is 1. The van der Waals surface area contributed by atoms with Crippen molar-refractivity contribution in [3.63, 3.8) is 0 Å². The zero-order chi connectivity index (χ0) is 21.1. The van der Waals surface area contributed by atoms with Gasteiger partial charge in [0.1, 0.15) is 11.5 Å². The average molecular weight is 422 g/mol. The van der Waals surface area contributed by atoms with Gasteiger partial charge < -0.3 is 4.52 Å². The first-order valence-electron chi connectivity index (χ1n) is 9.33. The molecule has 0 spiro atoms. The Labute approximate surface area is 177 Å². The summed E-state index contributed by atoms with van der Waals surface area (Å²) in [7, 11) is 0. The number of carbonyl (C=O) groups is 1. The van der Waals surface area contributed by atoms with Gasteiger partial charge in [-0.15, -0.1) is 0 Å². The minimum atomic E-state index is -0.536. The van der Waals surface area contributed by atoms with Crippen molar-refractivity contribution in [1.82, 2.24) is 10.1 Å². The van der Waals surface area contributed by atoms with Crippen LogP contribution in [0.15, 0.2) is 77.6 Å². The Balaban J connectivity index is 1.98. The Morgan fingerprint density at radius 3 is 2.50 bits per heavy atom. The number of aromatic nitrogens is 2. The van der Waals surface area contributed by atoms with E-state index in [0.29, 0.717) is 16.8 Å². The summed E-state index contributed by atoms with van der Waals surface area (Å²) in [6.45, 7) is 1.76. The summed E-state index contributed by atoms with van der Waals surface area (Å²) in [6, 6.07) is 17.0. The van der Waals surface area contributed by atoms with Crippen LogP contribution in [-0.4, -0.2) is 16.0 Å². The highest BCUT2D eigenvalue weighted by atomic mass is 35.5. The SMILES string of the molecule is CCC(=O)N(c1ccccc1)c1onc(-c2ccc(Cl)cc2F)c1-c1ccncc1. The van der Waals surface area contributed by atoms with Crippen molar-refractivity contribution < 1.29 is 13.7 Å². The summed E-state index contributed by atoms with van der Waals surface area (Å²) in [5.74, 6) is -0.509. The van der Waals surface area contributed by atoms with Gasteiger partial charge in [-0.25, -0.2) is 9.29 Å². The van der Waals surface area contributed by atoms with Gasteiger partial charge in [0.2, 0.25) is 11.8 Å². The van der Waals surface area contributed by atoms with E-state index in [1.54, 1.807) is 55.7 Å². The predicted octanol–water partition coefficient (Wildman–Crippen LogP) is 6.27. The number of benzene rings is 2. The highest BCUT2D eigenvalue weighted by Crippen LogP contribution is 2.43. The van der Waals surface area contributed by atoms with Crippen molar-refractivity contribution in [3.05, 3.63) is 83.9 Å². The first-order valence-corrected chi connectivity index (χ1v) is 9.71. The molecule has 0 atom stereocenters. The third kappa shape index (κ3) is 3.69. The molecule has 0 N–H and O–H groups in total. The van der Waals surface area contributed by atoms with Crippen LogP contribution in [0.4, 0.5) is 16.0 Å².